The van der Waals surface area contributed by atoms with Crippen LogP contribution in [0.1, 0.15) is 18.1 Å². The molecule has 2 rings (SSSR count). The third kappa shape index (κ3) is 4.63. The van der Waals surface area contributed by atoms with Crippen molar-refractivity contribution >= 4 is 34.0 Å². The van der Waals surface area contributed by atoms with Gasteiger partial charge >= 0.3 is 0 Å². The van der Waals surface area contributed by atoms with Crippen LogP contribution in [0.4, 0.5) is 10.1 Å². The number of nitrogens with one attached hydrogen (secondary N) is 2. The molecule has 0 spiro atoms. The average Bonchev–Trinajstić information content (AvgIpc) is 2.50. The lowest BCUT2D eigenvalue weighted by molar-refractivity contribution is -0.116. The Labute approximate surface area is 141 Å². The zero-order valence-electron chi connectivity index (χ0n) is 13.1. The molecule has 0 bridgehead atoms. The number of anilines is 1. The third-order valence-corrected chi connectivity index (χ3v) is 5.50. The van der Waals surface area contributed by atoms with Crippen molar-refractivity contribution in [2.45, 2.75) is 19.9 Å². The van der Waals surface area contributed by atoms with Crippen LogP contribution in [-0.2, 0) is 27.8 Å². The second-order valence-corrected chi connectivity index (χ2v) is 7.56. The second-order valence-electron chi connectivity index (χ2n) is 5.20. The maximum absolute atomic E-state index is 14.4. The Hall–Kier alpha value is -1.22. The molecule has 0 radical (unpaired) electrons. The zero-order chi connectivity index (χ0) is 16.3. The van der Waals surface area contributed by atoms with Gasteiger partial charge in [0.1, 0.15) is 5.82 Å². The first-order chi connectivity index (χ1) is 10.3. The van der Waals surface area contributed by atoms with Crippen LogP contribution in [0.3, 0.4) is 0 Å². The number of hydrogen-bond donors (Lipinski definition) is 2. The first kappa shape index (κ1) is 19.8. The van der Waals surface area contributed by atoms with E-state index in [1.807, 2.05) is 0 Å². The number of rotatable bonds is 5. The fourth-order valence-electron chi connectivity index (χ4n) is 2.34. The van der Waals surface area contributed by atoms with Crippen molar-refractivity contribution in [2.75, 3.05) is 31.2 Å². The Morgan fingerprint density at radius 3 is 2.78 bits per heavy atom. The van der Waals surface area contributed by atoms with Crippen molar-refractivity contribution in [1.82, 2.24) is 9.62 Å². The Balaban J connectivity index is 0.00000264. The molecule has 0 saturated carbocycles. The quantitative estimate of drug-likeness (QED) is 0.819. The highest BCUT2D eigenvalue weighted by molar-refractivity contribution is 7.89. The van der Waals surface area contributed by atoms with E-state index in [-0.39, 0.29) is 30.4 Å². The summed E-state index contributed by atoms with van der Waals surface area (Å²) in [5, 5.41) is 5.60. The summed E-state index contributed by atoms with van der Waals surface area (Å²) in [7, 11) is -2.11. The fraction of sp³-hybridized carbons (Fsp3) is 0.500. The summed E-state index contributed by atoms with van der Waals surface area (Å²) in [6, 6.07) is 3.28. The molecule has 130 valence electrons. The first-order valence-corrected chi connectivity index (χ1v) is 8.71. The van der Waals surface area contributed by atoms with Crippen LogP contribution in [0.15, 0.2) is 12.1 Å². The lowest BCUT2D eigenvalue weighted by Gasteiger charge is -2.20. The predicted octanol–water partition coefficient (Wildman–Crippen LogP) is 1.11. The Morgan fingerprint density at radius 2 is 2.13 bits per heavy atom. The molecule has 0 aromatic heterocycles. The number of fused-ring (bicyclic) bond motifs is 1. The molecule has 0 saturated heterocycles. The number of amides is 1. The summed E-state index contributed by atoms with van der Waals surface area (Å²) >= 11 is 0. The summed E-state index contributed by atoms with van der Waals surface area (Å²) in [5.74, 6) is -1.09. The van der Waals surface area contributed by atoms with Crippen molar-refractivity contribution in [1.29, 1.82) is 0 Å². The number of benzene rings is 1. The first-order valence-electron chi connectivity index (χ1n) is 7.10. The minimum atomic E-state index is -3.44. The predicted molar refractivity (Wildman–Crippen MR) is 89.8 cm³/mol. The summed E-state index contributed by atoms with van der Waals surface area (Å²) < 4.78 is 38.6. The lowest BCUT2D eigenvalue weighted by Crippen LogP contribution is -2.36. The molecule has 2 N–H and O–H groups in total. The number of hydrogen-bond acceptors (Lipinski definition) is 4. The van der Waals surface area contributed by atoms with E-state index < -0.39 is 21.7 Å². The van der Waals surface area contributed by atoms with E-state index in [9.17, 15) is 17.6 Å². The summed E-state index contributed by atoms with van der Waals surface area (Å²) in [6.07, 6.45) is 0.564. The lowest BCUT2D eigenvalue weighted by atomic mass is 9.99. The Bertz CT molecular complexity index is 682. The molecule has 23 heavy (non-hydrogen) atoms. The number of sulfonamides is 1. The van der Waals surface area contributed by atoms with E-state index in [1.165, 1.54) is 20.0 Å². The highest BCUT2D eigenvalue weighted by atomic mass is 35.5. The summed E-state index contributed by atoms with van der Waals surface area (Å²) in [5.41, 5.74) is 1.58. The van der Waals surface area contributed by atoms with Gasteiger partial charge in [-0.3, -0.25) is 4.79 Å². The number of carbonyl (C=O) groups excluding carboxylic acids is 1. The van der Waals surface area contributed by atoms with Crippen LogP contribution < -0.4 is 10.6 Å². The van der Waals surface area contributed by atoms with Crippen LogP contribution in [0.2, 0.25) is 0 Å². The number of nitrogens with zero attached hydrogens (tertiary/aromatic N) is 1. The molecule has 0 atom stereocenters. The molecule has 6 nitrogen and oxygen atoms in total. The molecular weight excluding hydrogens is 345 g/mol. The van der Waals surface area contributed by atoms with Crippen molar-refractivity contribution < 1.29 is 17.6 Å². The van der Waals surface area contributed by atoms with Crippen LogP contribution in [0, 0.1) is 5.82 Å². The van der Waals surface area contributed by atoms with Crippen LogP contribution >= 0.6 is 12.4 Å². The van der Waals surface area contributed by atoms with Gasteiger partial charge in [-0.1, -0.05) is 6.07 Å². The van der Waals surface area contributed by atoms with Crippen molar-refractivity contribution in [2.24, 2.45) is 0 Å². The molecule has 0 unspecified atom stereocenters. The SMILES string of the molecule is CCS(=O)(=O)N(C)CC(=O)Nc1ccc2c(c1F)CCNC2.Cl. The Kier molecular flexibility index (Phi) is 6.94. The number of carbonyl (C=O) groups is 1. The molecule has 9 heteroatoms. The van der Waals surface area contributed by atoms with Gasteiger partial charge in [0, 0.05) is 13.6 Å². The van der Waals surface area contributed by atoms with E-state index in [1.54, 1.807) is 6.07 Å². The van der Waals surface area contributed by atoms with Gasteiger partial charge in [-0.15, -0.1) is 12.4 Å². The molecule has 0 aliphatic carbocycles. The largest absolute Gasteiger partial charge is 0.322 e. The second kappa shape index (κ2) is 8.05. The minimum absolute atomic E-state index is 0. The van der Waals surface area contributed by atoms with E-state index in [0.29, 0.717) is 25.1 Å². The van der Waals surface area contributed by atoms with Crippen LogP contribution in [0.5, 0.6) is 0 Å². The summed E-state index contributed by atoms with van der Waals surface area (Å²) in [6.45, 7) is 2.46. The topological polar surface area (TPSA) is 78.5 Å². The van der Waals surface area contributed by atoms with E-state index >= 15 is 0 Å². The van der Waals surface area contributed by atoms with Crippen molar-refractivity contribution in [3.8, 4) is 0 Å². The van der Waals surface area contributed by atoms with E-state index in [0.717, 1.165) is 9.87 Å². The summed E-state index contributed by atoms with van der Waals surface area (Å²) in [4.78, 5) is 11.9. The van der Waals surface area contributed by atoms with E-state index in [2.05, 4.69) is 10.6 Å². The zero-order valence-corrected chi connectivity index (χ0v) is 14.7. The van der Waals surface area contributed by atoms with Gasteiger partial charge in [0.2, 0.25) is 15.9 Å². The average molecular weight is 366 g/mol. The van der Waals surface area contributed by atoms with Gasteiger partial charge in [-0.05, 0) is 37.1 Å². The van der Waals surface area contributed by atoms with Gasteiger partial charge in [-0.2, -0.15) is 4.31 Å². The molecule has 0 fully saturated rings. The third-order valence-electron chi connectivity index (χ3n) is 3.69. The molecule has 1 amide bonds. The van der Waals surface area contributed by atoms with Crippen molar-refractivity contribution in [3.05, 3.63) is 29.1 Å². The van der Waals surface area contributed by atoms with Gasteiger partial charge in [-0.25, -0.2) is 12.8 Å². The van der Waals surface area contributed by atoms with Crippen molar-refractivity contribution in [3.63, 3.8) is 0 Å². The molecule has 1 aromatic rings. The minimum Gasteiger partial charge on any atom is -0.322 e. The normalized spacial score (nSPS) is 14.1. The molecule has 1 heterocycles. The fourth-order valence-corrected chi connectivity index (χ4v) is 3.10. The number of halogens is 2. The number of likely N-dealkylation sites (N-methyl/N-ethyl adjacent to an activating group) is 1. The highest BCUT2D eigenvalue weighted by Gasteiger charge is 2.21. The van der Waals surface area contributed by atoms with Crippen LogP contribution in [-0.4, -0.2) is 44.5 Å². The Morgan fingerprint density at radius 1 is 1.43 bits per heavy atom. The maximum Gasteiger partial charge on any atom is 0.239 e. The molecular formula is C14H21ClFN3O3S. The molecule has 1 aliphatic rings. The molecule has 1 aromatic carbocycles. The molecule has 1 aliphatic heterocycles. The van der Waals surface area contributed by atoms with Gasteiger partial charge in [0.25, 0.3) is 0 Å². The maximum atomic E-state index is 14.4. The van der Waals surface area contributed by atoms with Crippen LogP contribution in [0.25, 0.3) is 0 Å². The smallest absolute Gasteiger partial charge is 0.239 e. The monoisotopic (exact) mass is 365 g/mol. The van der Waals surface area contributed by atoms with Gasteiger partial charge in [0.05, 0.1) is 18.0 Å². The standard InChI is InChI=1S/C14H20FN3O3S.ClH/c1-3-22(20,21)18(2)9-13(19)17-12-5-4-10-8-16-7-6-11(10)14(12)15;/h4-5,16H,3,6-9H2,1-2H3,(H,17,19);1H. The van der Waals surface area contributed by atoms with E-state index in [4.69, 9.17) is 0 Å². The van der Waals surface area contributed by atoms with Gasteiger partial charge in [0.15, 0.2) is 0 Å². The highest BCUT2D eigenvalue weighted by Crippen LogP contribution is 2.24. The van der Waals surface area contributed by atoms with Gasteiger partial charge < -0.3 is 10.6 Å².